The van der Waals surface area contributed by atoms with E-state index in [4.69, 9.17) is 14.6 Å². The average Bonchev–Trinajstić information content (AvgIpc) is 2.62. The third-order valence-corrected chi connectivity index (χ3v) is 4.19. The lowest BCUT2D eigenvalue weighted by Gasteiger charge is -2.15. The van der Waals surface area contributed by atoms with Gasteiger partial charge >= 0.3 is 0 Å². The summed E-state index contributed by atoms with van der Waals surface area (Å²) >= 11 is 2.17. The van der Waals surface area contributed by atoms with Gasteiger partial charge in [0.2, 0.25) is 0 Å². The summed E-state index contributed by atoms with van der Waals surface area (Å²) in [5.74, 6) is 0.928. The van der Waals surface area contributed by atoms with Gasteiger partial charge in [-0.2, -0.15) is 0 Å². The number of ether oxygens (including phenoxy) is 2. The molecule has 0 spiro atoms. The van der Waals surface area contributed by atoms with Crippen LogP contribution in [0.25, 0.3) is 0 Å². The minimum absolute atomic E-state index is 0. The van der Waals surface area contributed by atoms with E-state index in [0.717, 1.165) is 14.8 Å². The number of carbonyl (C=O) groups is 1. The molecule has 0 aliphatic heterocycles. The topological polar surface area (TPSA) is 79.8 Å². The maximum absolute atomic E-state index is 12.1. The van der Waals surface area contributed by atoms with Crippen LogP contribution in [0.4, 0.5) is 5.69 Å². The van der Waals surface area contributed by atoms with Crippen LogP contribution in [0.3, 0.4) is 0 Å². The summed E-state index contributed by atoms with van der Waals surface area (Å²) in [5, 5.41) is 14.8. The molecular formula is C19H24ClIN2O4. The highest BCUT2D eigenvalue weighted by atomic mass is 127. The minimum Gasteiger partial charge on any atom is -0.490 e. The van der Waals surface area contributed by atoms with Crippen molar-refractivity contribution in [1.29, 1.82) is 0 Å². The van der Waals surface area contributed by atoms with Gasteiger partial charge in [-0.15, -0.1) is 12.4 Å². The summed E-state index contributed by atoms with van der Waals surface area (Å²) in [7, 11) is 0. The number of nitrogens with one attached hydrogen (secondary N) is 2. The van der Waals surface area contributed by atoms with E-state index in [1.807, 2.05) is 49.4 Å². The first kappa shape index (κ1) is 23.5. The summed E-state index contributed by atoms with van der Waals surface area (Å²) in [6, 6.07) is 13.1. The predicted molar refractivity (Wildman–Crippen MR) is 117 cm³/mol. The molecule has 0 aromatic heterocycles. The van der Waals surface area contributed by atoms with Gasteiger partial charge in [-0.05, 0) is 59.3 Å². The van der Waals surface area contributed by atoms with Crippen molar-refractivity contribution in [3.63, 3.8) is 0 Å². The molecule has 0 aliphatic carbocycles. The van der Waals surface area contributed by atoms with E-state index in [-0.39, 0.29) is 31.5 Å². The number of anilines is 1. The zero-order valence-electron chi connectivity index (χ0n) is 15.0. The first-order chi connectivity index (χ1) is 12.6. The molecule has 0 aliphatic rings. The van der Waals surface area contributed by atoms with Crippen molar-refractivity contribution >= 4 is 46.6 Å². The number of rotatable bonds is 10. The maximum atomic E-state index is 12.1. The Bertz CT molecular complexity index is 716. The molecule has 0 unspecified atom stereocenters. The van der Waals surface area contributed by atoms with Crippen molar-refractivity contribution in [3.05, 3.63) is 51.6 Å². The highest BCUT2D eigenvalue weighted by molar-refractivity contribution is 14.1. The van der Waals surface area contributed by atoms with Gasteiger partial charge in [0.15, 0.2) is 18.1 Å². The Morgan fingerprint density at radius 3 is 2.59 bits per heavy atom. The number of para-hydroxylation sites is 1. The summed E-state index contributed by atoms with van der Waals surface area (Å²) in [6.45, 7) is 3.52. The number of hydrogen-bond donors (Lipinski definition) is 3. The minimum atomic E-state index is -0.233. The number of hydrogen-bond acceptors (Lipinski definition) is 5. The molecule has 2 aromatic rings. The molecule has 0 radical (unpaired) electrons. The van der Waals surface area contributed by atoms with E-state index in [1.54, 1.807) is 0 Å². The Hall–Kier alpha value is -1.55. The summed E-state index contributed by atoms with van der Waals surface area (Å²) in [4.78, 5) is 12.1. The summed E-state index contributed by atoms with van der Waals surface area (Å²) < 4.78 is 12.3. The van der Waals surface area contributed by atoms with Gasteiger partial charge in [-0.25, -0.2) is 0 Å². The second-order valence-electron chi connectivity index (χ2n) is 5.44. The van der Waals surface area contributed by atoms with Crippen molar-refractivity contribution < 1.29 is 19.4 Å². The molecule has 0 atom stereocenters. The van der Waals surface area contributed by atoms with E-state index in [1.165, 1.54) is 0 Å². The Kier molecular flexibility index (Phi) is 11.1. The summed E-state index contributed by atoms with van der Waals surface area (Å²) in [5.41, 5.74) is 1.75. The van der Waals surface area contributed by atoms with Crippen molar-refractivity contribution in [2.75, 3.05) is 31.7 Å². The lowest BCUT2D eigenvalue weighted by molar-refractivity contribution is -0.118. The number of halogens is 2. The van der Waals surface area contributed by atoms with Crippen LogP contribution in [0, 0.1) is 3.57 Å². The average molecular weight is 507 g/mol. The zero-order chi connectivity index (χ0) is 18.8. The van der Waals surface area contributed by atoms with Crippen LogP contribution in [-0.4, -0.2) is 37.4 Å². The lowest BCUT2D eigenvalue weighted by Crippen LogP contribution is -2.21. The molecule has 6 nitrogen and oxygen atoms in total. The second-order valence-corrected chi connectivity index (χ2v) is 6.60. The third-order valence-electron chi connectivity index (χ3n) is 3.39. The van der Waals surface area contributed by atoms with Gasteiger partial charge < -0.3 is 25.2 Å². The van der Waals surface area contributed by atoms with Crippen LogP contribution < -0.4 is 20.1 Å². The third kappa shape index (κ3) is 7.92. The maximum Gasteiger partial charge on any atom is 0.262 e. The Labute approximate surface area is 179 Å². The van der Waals surface area contributed by atoms with Crippen molar-refractivity contribution in [2.45, 2.75) is 13.5 Å². The van der Waals surface area contributed by atoms with Gasteiger partial charge in [0.05, 0.1) is 16.8 Å². The van der Waals surface area contributed by atoms with Crippen LogP contribution in [0.15, 0.2) is 42.5 Å². The zero-order valence-corrected chi connectivity index (χ0v) is 18.0. The number of aliphatic hydroxyl groups is 1. The lowest BCUT2D eigenvalue weighted by atomic mass is 10.2. The molecule has 0 fully saturated rings. The largest absolute Gasteiger partial charge is 0.490 e. The molecule has 148 valence electrons. The number of amides is 1. The monoisotopic (exact) mass is 506 g/mol. The van der Waals surface area contributed by atoms with Gasteiger partial charge in [0.25, 0.3) is 5.91 Å². The Morgan fingerprint density at radius 2 is 1.93 bits per heavy atom. The fourth-order valence-electron chi connectivity index (χ4n) is 2.29. The van der Waals surface area contributed by atoms with E-state index >= 15 is 0 Å². The molecule has 8 heteroatoms. The van der Waals surface area contributed by atoms with Gasteiger partial charge in [0, 0.05) is 18.8 Å². The smallest absolute Gasteiger partial charge is 0.262 e. The Balaban J connectivity index is 0.00000364. The quantitative estimate of drug-likeness (QED) is 0.341. The standard InChI is InChI=1S/C19H23IN2O4.ClH/c1-2-25-17-11-14(12-21-8-9-23)10-16(20)19(17)26-13-18(24)22-15-6-4-3-5-7-15;/h3-7,10-11,21,23H,2,8-9,12-13H2,1H3,(H,22,24);1H. The highest BCUT2D eigenvalue weighted by Gasteiger charge is 2.14. The first-order valence-electron chi connectivity index (χ1n) is 8.38. The predicted octanol–water partition coefficient (Wildman–Crippen LogP) is 3.21. The number of aliphatic hydroxyl groups excluding tert-OH is 1. The highest BCUT2D eigenvalue weighted by Crippen LogP contribution is 2.34. The molecule has 3 N–H and O–H groups in total. The van der Waals surface area contributed by atoms with Crippen molar-refractivity contribution in [3.8, 4) is 11.5 Å². The van der Waals surface area contributed by atoms with Crippen LogP contribution in [0.5, 0.6) is 11.5 Å². The van der Waals surface area contributed by atoms with Crippen LogP contribution in [-0.2, 0) is 11.3 Å². The van der Waals surface area contributed by atoms with Crippen LogP contribution in [0.1, 0.15) is 12.5 Å². The molecule has 0 saturated carbocycles. The van der Waals surface area contributed by atoms with Crippen molar-refractivity contribution in [2.24, 2.45) is 0 Å². The molecule has 2 rings (SSSR count). The molecule has 2 aromatic carbocycles. The molecule has 27 heavy (non-hydrogen) atoms. The fourth-order valence-corrected chi connectivity index (χ4v) is 3.12. The van der Waals surface area contributed by atoms with Gasteiger partial charge in [-0.3, -0.25) is 4.79 Å². The number of benzene rings is 2. The van der Waals surface area contributed by atoms with Crippen LogP contribution in [0.2, 0.25) is 0 Å². The molecule has 0 heterocycles. The molecule has 0 bridgehead atoms. The van der Waals surface area contributed by atoms with Gasteiger partial charge in [0.1, 0.15) is 0 Å². The number of carbonyl (C=O) groups excluding carboxylic acids is 1. The molecule has 1 amide bonds. The van der Waals surface area contributed by atoms with E-state index in [9.17, 15) is 4.79 Å². The van der Waals surface area contributed by atoms with Crippen molar-refractivity contribution in [1.82, 2.24) is 5.32 Å². The summed E-state index contributed by atoms with van der Waals surface area (Å²) in [6.07, 6.45) is 0. The molecule has 0 saturated heterocycles. The van der Waals surface area contributed by atoms with E-state index in [2.05, 4.69) is 33.2 Å². The first-order valence-corrected chi connectivity index (χ1v) is 9.46. The van der Waals surface area contributed by atoms with E-state index < -0.39 is 0 Å². The Morgan fingerprint density at radius 1 is 1.19 bits per heavy atom. The normalized spacial score (nSPS) is 10.0. The van der Waals surface area contributed by atoms with Gasteiger partial charge in [-0.1, -0.05) is 18.2 Å². The molecular weight excluding hydrogens is 483 g/mol. The SMILES string of the molecule is CCOc1cc(CNCCO)cc(I)c1OCC(=O)Nc1ccccc1.Cl. The fraction of sp³-hybridized carbons (Fsp3) is 0.316. The second kappa shape index (κ2) is 12.8. The van der Waals surface area contributed by atoms with Crippen LogP contribution >= 0.6 is 35.0 Å². The van der Waals surface area contributed by atoms with E-state index in [0.29, 0.717) is 31.2 Å².